The van der Waals surface area contributed by atoms with Crippen LogP contribution in [0.3, 0.4) is 0 Å². The molecule has 268 valence electrons. The monoisotopic (exact) mass is 744 g/mol. The van der Waals surface area contributed by atoms with E-state index in [1.54, 1.807) is 0 Å². The molecule has 11 aromatic rings. The molecule has 2 heterocycles. The minimum Gasteiger partial charge on any atom is -0.310 e. The van der Waals surface area contributed by atoms with Crippen molar-refractivity contribution in [2.75, 3.05) is 4.90 Å². The summed E-state index contributed by atoms with van der Waals surface area (Å²) in [5.74, 6) is 0. The lowest BCUT2D eigenvalue weighted by Crippen LogP contribution is -2.10. The van der Waals surface area contributed by atoms with Crippen molar-refractivity contribution in [3.63, 3.8) is 0 Å². The minimum atomic E-state index is 1.11. The van der Waals surface area contributed by atoms with E-state index in [0.29, 0.717) is 0 Å². The Bertz CT molecular complexity index is 3220. The van der Waals surface area contributed by atoms with E-state index >= 15 is 0 Å². The van der Waals surface area contributed by atoms with E-state index in [1.165, 1.54) is 69.8 Å². The van der Waals surface area contributed by atoms with Crippen LogP contribution in [0, 0.1) is 0 Å². The topological polar surface area (TPSA) is 8.17 Å². The zero-order valence-corrected chi connectivity index (χ0v) is 31.9. The van der Waals surface area contributed by atoms with Crippen molar-refractivity contribution in [3.8, 4) is 39.1 Å². The highest BCUT2D eigenvalue weighted by Gasteiger charge is 2.22. The summed E-state index contributed by atoms with van der Waals surface area (Å²) in [6.07, 6.45) is 0. The van der Waals surface area contributed by atoms with Crippen molar-refractivity contribution < 1.29 is 0 Å². The number of thiophene rings is 1. The third-order valence-electron chi connectivity index (χ3n) is 11.2. The van der Waals surface area contributed by atoms with Gasteiger partial charge in [-0.05, 0) is 88.5 Å². The van der Waals surface area contributed by atoms with Gasteiger partial charge in [0.05, 0.1) is 16.7 Å². The van der Waals surface area contributed by atoms with Gasteiger partial charge in [0.15, 0.2) is 0 Å². The molecule has 0 unspecified atom stereocenters. The van der Waals surface area contributed by atoms with Gasteiger partial charge in [-0.3, -0.25) is 0 Å². The van der Waals surface area contributed by atoms with E-state index in [-0.39, 0.29) is 0 Å². The first-order valence-corrected chi connectivity index (χ1v) is 20.3. The lowest BCUT2D eigenvalue weighted by molar-refractivity contribution is 1.18. The normalized spacial score (nSPS) is 11.5. The highest BCUT2D eigenvalue weighted by molar-refractivity contribution is 7.26. The van der Waals surface area contributed by atoms with Gasteiger partial charge in [0.2, 0.25) is 0 Å². The maximum Gasteiger partial charge on any atom is 0.0562 e. The van der Waals surface area contributed by atoms with Crippen molar-refractivity contribution in [3.05, 3.63) is 218 Å². The average molecular weight is 745 g/mol. The summed E-state index contributed by atoms with van der Waals surface area (Å²) in [4.78, 5) is 2.40. The summed E-state index contributed by atoms with van der Waals surface area (Å²) >= 11 is 1.88. The number of fused-ring (bicyclic) bond motifs is 6. The number of benzene rings is 9. The van der Waals surface area contributed by atoms with Crippen molar-refractivity contribution >= 4 is 70.4 Å². The Morgan fingerprint density at radius 1 is 0.368 bits per heavy atom. The Labute approximate surface area is 335 Å². The summed E-state index contributed by atoms with van der Waals surface area (Å²) in [7, 11) is 0. The summed E-state index contributed by atoms with van der Waals surface area (Å²) in [6.45, 7) is 0. The Balaban J connectivity index is 1.13. The summed E-state index contributed by atoms with van der Waals surface area (Å²) in [5.41, 5.74) is 14.1. The fraction of sp³-hybridized carbons (Fsp3) is 0. The molecule has 0 aliphatic rings. The zero-order chi connectivity index (χ0) is 37.7. The third kappa shape index (κ3) is 5.63. The van der Waals surface area contributed by atoms with Gasteiger partial charge in [0, 0.05) is 53.6 Å². The summed E-state index contributed by atoms with van der Waals surface area (Å²) in [6, 6.07) is 79.3. The highest BCUT2D eigenvalue weighted by atomic mass is 32.1. The fourth-order valence-electron chi connectivity index (χ4n) is 8.62. The largest absolute Gasteiger partial charge is 0.310 e. The van der Waals surface area contributed by atoms with Gasteiger partial charge in [0.1, 0.15) is 0 Å². The number of aromatic nitrogens is 1. The van der Waals surface area contributed by atoms with Crippen LogP contribution in [-0.4, -0.2) is 4.57 Å². The van der Waals surface area contributed by atoms with E-state index in [2.05, 4.69) is 228 Å². The smallest absolute Gasteiger partial charge is 0.0562 e. The first kappa shape index (κ1) is 33.2. The Hall–Kier alpha value is -7.20. The second-order valence-electron chi connectivity index (χ2n) is 14.5. The summed E-state index contributed by atoms with van der Waals surface area (Å²) < 4.78 is 5.09. The van der Waals surface area contributed by atoms with Crippen LogP contribution in [0.15, 0.2) is 218 Å². The molecule has 0 saturated heterocycles. The Kier molecular flexibility index (Phi) is 8.04. The number of rotatable bonds is 7. The second kappa shape index (κ2) is 13.8. The first-order chi connectivity index (χ1) is 28.3. The molecule has 0 saturated carbocycles. The number of hydrogen-bond donors (Lipinski definition) is 0. The van der Waals surface area contributed by atoms with Crippen LogP contribution >= 0.6 is 11.3 Å². The maximum absolute atomic E-state index is 2.45. The molecule has 3 heteroatoms. The molecule has 0 N–H and O–H groups in total. The van der Waals surface area contributed by atoms with Gasteiger partial charge >= 0.3 is 0 Å². The fourth-order valence-corrected chi connectivity index (χ4v) is 9.86. The van der Waals surface area contributed by atoms with Crippen LogP contribution in [0.2, 0.25) is 0 Å². The average Bonchev–Trinajstić information content (AvgIpc) is 3.84. The van der Waals surface area contributed by atoms with Crippen molar-refractivity contribution in [1.82, 2.24) is 4.57 Å². The minimum absolute atomic E-state index is 1.11. The van der Waals surface area contributed by atoms with E-state index in [4.69, 9.17) is 0 Å². The Morgan fingerprint density at radius 2 is 0.965 bits per heavy atom. The Morgan fingerprint density at radius 3 is 1.75 bits per heavy atom. The van der Waals surface area contributed by atoms with Crippen LogP contribution in [0.5, 0.6) is 0 Å². The van der Waals surface area contributed by atoms with Gasteiger partial charge < -0.3 is 9.47 Å². The predicted octanol–water partition coefficient (Wildman–Crippen LogP) is 15.6. The third-order valence-corrected chi connectivity index (χ3v) is 12.4. The molecule has 57 heavy (non-hydrogen) atoms. The maximum atomic E-state index is 2.45. The van der Waals surface area contributed by atoms with Crippen LogP contribution in [0.1, 0.15) is 0 Å². The molecule has 0 fully saturated rings. The molecule has 0 spiro atoms. The number of anilines is 3. The van der Waals surface area contributed by atoms with Crippen molar-refractivity contribution in [1.29, 1.82) is 0 Å². The van der Waals surface area contributed by atoms with Crippen molar-refractivity contribution in [2.45, 2.75) is 0 Å². The van der Waals surface area contributed by atoms with Crippen molar-refractivity contribution in [2.24, 2.45) is 0 Å². The second-order valence-corrected chi connectivity index (χ2v) is 15.5. The van der Waals surface area contributed by atoms with Gasteiger partial charge in [-0.15, -0.1) is 11.3 Å². The molecule has 0 bridgehead atoms. The molecule has 0 aliphatic carbocycles. The van der Waals surface area contributed by atoms with Crippen LogP contribution in [0.25, 0.3) is 81.0 Å². The molecular weight excluding hydrogens is 709 g/mol. The highest BCUT2D eigenvalue weighted by Crippen LogP contribution is 2.46. The van der Waals surface area contributed by atoms with E-state index in [1.807, 2.05) is 11.3 Å². The van der Waals surface area contributed by atoms with Gasteiger partial charge in [0.25, 0.3) is 0 Å². The van der Waals surface area contributed by atoms with Gasteiger partial charge in [-0.1, -0.05) is 158 Å². The molecule has 9 aromatic carbocycles. The molecule has 0 radical (unpaired) electrons. The first-order valence-electron chi connectivity index (χ1n) is 19.4. The lowest BCUT2D eigenvalue weighted by Gasteiger charge is -2.26. The standard InChI is InChI=1S/C54H36N2S/c1-4-16-37(17-5-1)38-30-32-41(33-31-38)55(40-20-8-3-9-21-40)50-27-15-28-51-53(50)47-23-10-12-26-49(47)56(51)42-34-35-43(48(36-42)39-18-6-2-7-19-39)45-24-14-25-46-44-22-11-13-29-52(44)57-54(45)46/h1-36H. The van der Waals surface area contributed by atoms with E-state index in [9.17, 15) is 0 Å². The lowest BCUT2D eigenvalue weighted by atomic mass is 9.93. The van der Waals surface area contributed by atoms with Gasteiger partial charge in [-0.25, -0.2) is 0 Å². The molecule has 2 nitrogen and oxygen atoms in total. The zero-order valence-electron chi connectivity index (χ0n) is 31.1. The van der Waals surface area contributed by atoms with Gasteiger partial charge in [-0.2, -0.15) is 0 Å². The molecule has 0 aliphatic heterocycles. The molecular formula is C54H36N2S. The predicted molar refractivity (Wildman–Crippen MR) is 245 cm³/mol. The number of nitrogens with zero attached hydrogens (tertiary/aromatic N) is 2. The van der Waals surface area contributed by atoms with E-state index in [0.717, 1.165) is 28.3 Å². The van der Waals surface area contributed by atoms with Crippen LogP contribution in [-0.2, 0) is 0 Å². The number of para-hydroxylation sites is 2. The molecule has 11 rings (SSSR count). The molecule has 2 aromatic heterocycles. The molecule has 0 atom stereocenters. The SMILES string of the molecule is c1ccc(-c2ccc(N(c3ccccc3)c3cccc4c3c3ccccc3n4-c3ccc(-c4cccc5c4sc4ccccc45)c(-c4ccccc4)c3)cc2)cc1. The molecule has 0 amide bonds. The van der Waals surface area contributed by atoms with Crippen LogP contribution in [0.4, 0.5) is 17.1 Å². The van der Waals surface area contributed by atoms with E-state index < -0.39 is 0 Å². The number of hydrogen-bond acceptors (Lipinski definition) is 2. The quantitative estimate of drug-likeness (QED) is 0.158. The van der Waals surface area contributed by atoms with Crippen LogP contribution < -0.4 is 4.90 Å². The summed E-state index contributed by atoms with van der Waals surface area (Å²) in [5, 5.41) is 5.05.